The van der Waals surface area contributed by atoms with Gasteiger partial charge in [0, 0.05) is 5.56 Å². The normalized spacial score (nSPS) is 11.7. The molecule has 0 aliphatic carbocycles. The number of halogens is 1. The maximum absolute atomic E-state index is 12.1. The van der Waals surface area contributed by atoms with Crippen molar-refractivity contribution in [1.29, 1.82) is 0 Å². The Morgan fingerprint density at radius 2 is 1.77 bits per heavy atom. The first-order chi connectivity index (χ1) is 12.3. The van der Waals surface area contributed by atoms with Crippen LogP contribution in [0.3, 0.4) is 0 Å². The van der Waals surface area contributed by atoms with Crippen molar-refractivity contribution in [2.45, 2.75) is 24.0 Å². The number of anilines is 1. The minimum atomic E-state index is -3.35. The van der Waals surface area contributed by atoms with Gasteiger partial charge in [0.25, 0.3) is 5.91 Å². The van der Waals surface area contributed by atoms with Crippen LogP contribution in [0.1, 0.15) is 24.4 Å². The predicted octanol–water partition coefficient (Wildman–Crippen LogP) is 3.53. The molecule has 0 atom stereocenters. The summed E-state index contributed by atoms with van der Waals surface area (Å²) in [5, 5.41) is 9.50. The molecule has 2 aromatic heterocycles. The molecule has 10 heteroatoms. The lowest BCUT2D eigenvalue weighted by Gasteiger charge is -2.07. The quantitative estimate of drug-likeness (QED) is 0.645. The van der Waals surface area contributed by atoms with Crippen LogP contribution < -0.4 is 5.32 Å². The lowest BCUT2D eigenvalue weighted by Crippen LogP contribution is -2.13. The second-order valence-electron chi connectivity index (χ2n) is 5.59. The number of rotatable bonds is 5. The Labute approximate surface area is 157 Å². The molecule has 0 aliphatic heterocycles. The zero-order chi connectivity index (χ0) is 18.9. The average Bonchev–Trinajstić information content (AvgIpc) is 3.24. The van der Waals surface area contributed by atoms with Gasteiger partial charge in [0.1, 0.15) is 0 Å². The number of furan rings is 1. The van der Waals surface area contributed by atoms with Crippen molar-refractivity contribution in [1.82, 2.24) is 10.2 Å². The standard InChI is InChI=1S/C16H14BrN3O5S/c1-9(2)26(22,23)11-5-3-10(4-6-11)15-19-20-16(25-15)18-14(21)12-7-8-13(17)24-12/h3-9H,1-2H3,(H,18,20,21). The van der Waals surface area contributed by atoms with Crippen LogP contribution in [0.5, 0.6) is 0 Å². The average molecular weight is 440 g/mol. The SMILES string of the molecule is CC(C)S(=O)(=O)c1ccc(-c2nnc(NC(=O)c3ccc(Br)o3)o2)cc1. The fourth-order valence-electron chi connectivity index (χ4n) is 2.04. The van der Waals surface area contributed by atoms with Crippen LogP contribution in [0.4, 0.5) is 6.01 Å². The summed E-state index contributed by atoms with van der Waals surface area (Å²) in [4.78, 5) is 12.2. The summed E-state index contributed by atoms with van der Waals surface area (Å²) < 4.78 is 35.2. The molecule has 3 rings (SSSR count). The zero-order valence-corrected chi connectivity index (χ0v) is 16.2. The van der Waals surface area contributed by atoms with Gasteiger partial charge >= 0.3 is 6.01 Å². The van der Waals surface area contributed by atoms with Gasteiger partial charge in [-0.2, -0.15) is 0 Å². The van der Waals surface area contributed by atoms with E-state index >= 15 is 0 Å². The number of benzene rings is 1. The van der Waals surface area contributed by atoms with E-state index in [9.17, 15) is 13.2 Å². The molecule has 0 bridgehead atoms. The van der Waals surface area contributed by atoms with Crippen LogP contribution in [-0.4, -0.2) is 29.8 Å². The highest BCUT2D eigenvalue weighted by molar-refractivity contribution is 9.10. The number of nitrogens with zero attached hydrogens (tertiary/aromatic N) is 2. The summed E-state index contributed by atoms with van der Waals surface area (Å²) in [6, 6.07) is 9.07. The van der Waals surface area contributed by atoms with E-state index in [2.05, 4.69) is 31.4 Å². The van der Waals surface area contributed by atoms with Gasteiger partial charge in [0.15, 0.2) is 20.3 Å². The van der Waals surface area contributed by atoms with Crippen LogP contribution in [0.25, 0.3) is 11.5 Å². The monoisotopic (exact) mass is 439 g/mol. The van der Waals surface area contributed by atoms with Gasteiger partial charge in [-0.25, -0.2) is 8.42 Å². The van der Waals surface area contributed by atoms with Crippen LogP contribution in [0.2, 0.25) is 0 Å². The highest BCUT2D eigenvalue weighted by atomic mass is 79.9. The van der Waals surface area contributed by atoms with Crippen molar-refractivity contribution in [3.63, 3.8) is 0 Å². The van der Waals surface area contributed by atoms with Crippen molar-refractivity contribution in [3.8, 4) is 11.5 Å². The highest BCUT2D eigenvalue weighted by Crippen LogP contribution is 2.24. The maximum atomic E-state index is 12.1. The topological polar surface area (TPSA) is 115 Å². The summed E-state index contributed by atoms with van der Waals surface area (Å²) in [5.74, 6) is -0.307. The second-order valence-corrected chi connectivity index (χ2v) is 8.87. The molecule has 0 spiro atoms. The molecule has 8 nitrogen and oxygen atoms in total. The van der Waals surface area contributed by atoms with Crippen molar-refractivity contribution in [3.05, 3.63) is 46.8 Å². The molecule has 0 radical (unpaired) electrons. The number of amides is 1. The molecule has 2 heterocycles. The molecule has 1 N–H and O–H groups in total. The van der Waals surface area contributed by atoms with E-state index in [1.165, 1.54) is 18.2 Å². The van der Waals surface area contributed by atoms with Crippen molar-refractivity contribution in [2.75, 3.05) is 5.32 Å². The zero-order valence-electron chi connectivity index (χ0n) is 13.8. The Hall–Kier alpha value is -2.46. The predicted molar refractivity (Wildman–Crippen MR) is 96.4 cm³/mol. The molecule has 26 heavy (non-hydrogen) atoms. The summed E-state index contributed by atoms with van der Waals surface area (Å²) in [5.41, 5.74) is 0.529. The van der Waals surface area contributed by atoms with Gasteiger partial charge < -0.3 is 8.83 Å². The molecule has 0 fully saturated rings. The van der Waals surface area contributed by atoms with E-state index in [-0.39, 0.29) is 22.6 Å². The maximum Gasteiger partial charge on any atom is 0.322 e. The van der Waals surface area contributed by atoms with E-state index in [0.29, 0.717) is 10.2 Å². The van der Waals surface area contributed by atoms with Crippen LogP contribution >= 0.6 is 15.9 Å². The highest BCUT2D eigenvalue weighted by Gasteiger charge is 2.20. The minimum absolute atomic E-state index is 0.0832. The van der Waals surface area contributed by atoms with Gasteiger partial charge in [-0.15, -0.1) is 5.10 Å². The van der Waals surface area contributed by atoms with E-state index in [1.807, 2.05) is 0 Å². The van der Waals surface area contributed by atoms with Gasteiger partial charge in [-0.3, -0.25) is 10.1 Å². The molecule has 3 aromatic rings. The lowest BCUT2D eigenvalue weighted by molar-refractivity contribution is 0.0992. The Morgan fingerprint density at radius 3 is 2.35 bits per heavy atom. The molecule has 0 saturated carbocycles. The summed E-state index contributed by atoms with van der Waals surface area (Å²) in [7, 11) is -3.35. The van der Waals surface area contributed by atoms with E-state index in [4.69, 9.17) is 8.83 Å². The molecule has 0 saturated heterocycles. The summed E-state index contributed by atoms with van der Waals surface area (Å²) in [6.07, 6.45) is 0. The van der Waals surface area contributed by atoms with E-state index < -0.39 is 21.0 Å². The number of nitrogens with one attached hydrogen (secondary N) is 1. The van der Waals surface area contributed by atoms with Crippen LogP contribution in [0, 0.1) is 0 Å². The third-order valence-electron chi connectivity index (χ3n) is 3.49. The first kappa shape index (κ1) is 18.3. The van der Waals surface area contributed by atoms with Gasteiger partial charge in [-0.1, -0.05) is 5.10 Å². The molecular formula is C16H14BrN3O5S. The second kappa shape index (κ2) is 7.04. The van der Waals surface area contributed by atoms with Gasteiger partial charge in [-0.05, 0) is 66.2 Å². The molecular weight excluding hydrogens is 426 g/mol. The molecule has 1 aromatic carbocycles. The van der Waals surface area contributed by atoms with Crippen LogP contribution in [0.15, 0.2) is 54.8 Å². The Kier molecular flexibility index (Phi) is 4.97. The van der Waals surface area contributed by atoms with Crippen molar-refractivity contribution < 1.29 is 22.0 Å². The summed E-state index contributed by atoms with van der Waals surface area (Å²) >= 11 is 3.11. The number of carbonyl (C=O) groups is 1. The Morgan fingerprint density at radius 1 is 1.08 bits per heavy atom. The molecule has 0 unspecified atom stereocenters. The van der Waals surface area contributed by atoms with Gasteiger partial charge in [0.2, 0.25) is 5.89 Å². The van der Waals surface area contributed by atoms with Gasteiger partial charge in [0.05, 0.1) is 10.1 Å². The number of aromatic nitrogens is 2. The molecule has 0 aliphatic rings. The third-order valence-corrected chi connectivity index (χ3v) is 6.09. The van der Waals surface area contributed by atoms with E-state index in [0.717, 1.165) is 0 Å². The van der Waals surface area contributed by atoms with Crippen molar-refractivity contribution in [2.24, 2.45) is 0 Å². The molecule has 136 valence electrons. The Bertz CT molecular complexity index is 1040. The third kappa shape index (κ3) is 3.70. The smallest absolute Gasteiger partial charge is 0.322 e. The summed E-state index contributed by atoms with van der Waals surface area (Å²) in [6.45, 7) is 3.24. The molecule has 1 amide bonds. The first-order valence-electron chi connectivity index (χ1n) is 7.52. The Balaban J connectivity index is 1.76. The number of hydrogen-bond acceptors (Lipinski definition) is 7. The van der Waals surface area contributed by atoms with Crippen LogP contribution in [-0.2, 0) is 9.84 Å². The fraction of sp³-hybridized carbons (Fsp3) is 0.188. The number of sulfone groups is 1. The first-order valence-corrected chi connectivity index (χ1v) is 9.86. The van der Waals surface area contributed by atoms with Crippen molar-refractivity contribution >= 4 is 37.7 Å². The number of carbonyl (C=O) groups excluding carboxylic acids is 1. The fourth-order valence-corrected chi connectivity index (χ4v) is 3.41. The largest absolute Gasteiger partial charge is 0.444 e. The number of hydrogen-bond donors (Lipinski definition) is 1. The van der Waals surface area contributed by atoms with E-state index in [1.54, 1.807) is 32.0 Å². The lowest BCUT2D eigenvalue weighted by atomic mass is 10.2. The minimum Gasteiger partial charge on any atom is -0.444 e.